The SMILES string of the molecule is C=CC[C@@H](CC(=O)NCCOCCO)C(=O)N[C@H](COC(=O)[C@H](CC=C)Cc1ccccc1)CSCc1ccccc1. The summed E-state index contributed by atoms with van der Waals surface area (Å²) in [5, 5.41) is 14.5. The van der Waals surface area contributed by atoms with E-state index in [1.165, 1.54) is 0 Å². The number of hydrogen-bond donors (Lipinski definition) is 3. The van der Waals surface area contributed by atoms with Gasteiger partial charge >= 0.3 is 5.97 Å². The van der Waals surface area contributed by atoms with Gasteiger partial charge in [0.05, 0.1) is 37.7 Å². The number of rotatable bonds is 22. The zero-order valence-electron chi connectivity index (χ0n) is 24.2. The molecule has 3 N–H and O–H groups in total. The molecular weight excluding hydrogens is 552 g/mol. The van der Waals surface area contributed by atoms with E-state index in [1.54, 1.807) is 23.9 Å². The first-order valence-electron chi connectivity index (χ1n) is 14.3. The van der Waals surface area contributed by atoms with Crippen LogP contribution in [0, 0.1) is 11.8 Å². The molecule has 2 aromatic carbocycles. The average Bonchev–Trinajstić information content (AvgIpc) is 3.00. The van der Waals surface area contributed by atoms with Gasteiger partial charge in [0.25, 0.3) is 0 Å². The first-order valence-corrected chi connectivity index (χ1v) is 15.4. The lowest BCUT2D eigenvalue weighted by molar-refractivity contribution is -0.149. The maximum atomic E-state index is 13.3. The van der Waals surface area contributed by atoms with Gasteiger partial charge in [-0.15, -0.1) is 13.2 Å². The van der Waals surface area contributed by atoms with Crippen molar-refractivity contribution in [1.82, 2.24) is 10.6 Å². The Labute approximate surface area is 254 Å². The number of esters is 1. The van der Waals surface area contributed by atoms with Crippen molar-refractivity contribution in [2.75, 3.05) is 38.7 Å². The molecule has 0 bridgehead atoms. The van der Waals surface area contributed by atoms with E-state index in [1.807, 2.05) is 60.7 Å². The van der Waals surface area contributed by atoms with Gasteiger partial charge in [-0.05, 0) is 30.4 Å². The maximum absolute atomic E-state index is 13.3. The maximum Gasteiger partial charge on any atom is 0.309 e. The van der Waals surface area contributed by atoms with Gasteiger partial charge in [0.1, 0.15) is 6.61 Å². The van der Waals surface area contributed by atoms with Crippen LogP contribution >= 0.6 is 11.8 Å². The highest BCUT2D eigenvalue weighted by atomic mass is 32.2. The summed E-state index contributed by atoms with van der Waals surface area (Å²) in [5.41, 5.74) is 2.19. The van der Waals surface area contributed by atoms with Crippen molar-refractivity contribution in [2.45, 2.75) is 37.5 Å². The zero-order valence-corrected chi connectivity index (χ0v) is 25.1. The third kappa shape index (κ3) is 14.5. The van der Waals surface area contributed by atoms with E-state index in [0.717, 1.165) is 16.9 Å². The number of benzene rings is 2. The number of allylic oxidation sites excluding steroid dienone is 2. The summed E-state index contributed by atoms with van der Waals surface area (Å²) in [6, 6.07) is 19.3. The molecule has 0 saturated carbocycles. The number of carbonyl (C=O) groups excluding carboxylic acids is 3. The lowest BCUT2D eigenvalue weighted by atomic mass is 9.96. The fourth-order valence-corrected chi connectivity index (χ4v) is 5.23. The summed E-state index contributed by atoms with van der Waals surface area (Å²) < 4.78 is 10.9. The zero-order chi connectivity index (χ0) is 30.4. The molecule has 2 aromatic rings. The number of ether oxygens (including phenoxy) is 2. The minimum absolute atomic E-state index is 0.0139. The van der Waals surface area contributed by atoms with E-state index in [-0.39, 0.29) is 63.1 Å². The summed E-state index contributed by atoms with van der Waals surface area (Å²) in [7, 11) is 0. The number of amides is 2. The summed E-state index contributed by atoms with van der Waals surface area (Å²) in [4.78, 5) is 38.9. The first-order chi connectivity index (χ1) is 20.5. The largest absolute Gasteiger partial charge is 0.463 e. The summed E-state index contributed by atoms with van der Waals surface area (Å²) in [6.45, 7) is 8.22. The van der Waals surface area contributed by atoms with Gasteiger partial charge in [0.2, 0.25) is 11.8 Å². The number of carbonyl (C=O) groups is 3. The molecule has 8 nitrogen and oxygen atoms in total. The lowest BCUT2D eigenvalue weighted by Gasteiger charge is -2.23. The fourth-order valence-electron chi connectivity index (χ4n) is 4.22. The molecule has 0 saturated heterocycles. The van der Waals surface area contributed by atoms with Gasteiger partial charge in [-0.3, -0.25) is 14.4 Å². The second kappa shape index (κ2) is 21.3. The molecule has 0 heterocycles. The highest BCUT2D eigenvalue weighted by Gasteiger charge is 2.25. The van der Waals surface area contributed by atoms with E-state index in [0.29, 0.717) is 25.0 Å². The molecule has 0 fully saturated rings. The summed E-state index contributed by atoms with van der Waals surface area (Å²) in [6.07, 6.45) is 4.66. The van der Waals surface area contributed by atoms with Crippen molar-refractivity contribution >= 4 is 29.5 Å². The van der Waals surface area contributed by atoms with E-state index < -0.39 is 12.0 Å². The van der Waals surface area contributed by atoms with Crippen LogP contribution in [0.4, 0.5) is 0 Å². The quantitative estimate of drug-likeness (QED) is 0.107. The molecule has 2 rings (SSSR count). The predicted octanol–water partition coefficient (Wildman–Crippen LogP) is 4.09. The smallest absolute Gasteiger partial charge is 0.309 e. The Bertz CT molecular complexity index is 1080. The van der Waals surface area contributed by atoms with Crippen LogP contribution in [0.15, 0.2) is 86.0 Å². The molecular formula is C33H44N2O6S. The summed E-state index contributed by atoms with van der Waals surface area (Å²) in [5.74, 6) is -0.647. The fraction of sp³-hybridized carbons (Fsp3) is 0.424. The van der Waals surface area contributed by atoms with Crippen LogP contribution in [0.3, 0.4) is 0 Å². The Morgan fingerprint density at radius 2 is 1.55 bits per heavy atom. The predicted molar refractivity (Wildman–Crippen MR) is 168 cm³/mol. The molecule has 2 amide bonds. The number of thioether (sulfide) groups is 1. The lowest BCUT2D eigenvalue weighted by Crippen LogP contribution is -2.45. The van der Waals surface area contributed by atoms with Crippen LogP contribution < -0.4 is 10.6 Å². The van der Waals surface area contributed by atoms with E-state index in [2.05, 4.69) is 23.8 Å². The second-order valence-corrected chi connectivity index (χ2v) is 10.9. The van der Waals surface area contributed by atoms with Crippen LogP contribution in [0.2, 0.25) is 0 Å². The van der Waals surface area contributed by atoms with Crippen LogP contribution in [0.1, 0.15) is 30.4 Å². The molecule has 0 aliphatic heterocycles. The van der Waals surface area contributed by atoms with Crippen molar-refractivity contribution in [3.8, 4) is 0 Å². The van der Waals surface area contributed by atoms with Gasteiger partial charge in [-0.25, -0.2) is 0 Å². The molecule has 0 aromatic heterocycles. The summed E-state index contributed by atoms with van der Waals surface area (Å²) >= 11 is 1.63. The standard InChI is InChI=1S/C33H44N2O6S/c1-3-11-28(22-31(37)34-17-19-40-20-18-36)32(38)35-30(25-42-24-27-15-9-6-10-16-27)23-41-33(39)29(12-4-2)21-26-13-7-5-8-14-26/h3-10,13-16,28-30,36H,1-2,11-12,17-25H2,(H,34,37)(H,35,38)/t28-,29+,30+/m0/s1. The second-order valence-electron chi connectivity index (χ2n) is 9.86. The van der Waals surface area contributed by atoms with Crippen molar-refractivity contribution in [3.05, 3.63) is 97.1 Å². The number of nitrogens with one attached hydrogen (secondary N) is 2. The molecule has 0 radical (unpaired) electrons. The van der Waals surface area contributed by atoms with Crippen LogP contribution in [-0.2, 0) is 36.0 Å². The molecule has 42 heavy (non-hydrogen) atoms. The van der Waals surface area contributed by atoms with Crippen molar-refractivity contribution in [2.24, 2.45) is 11.8 Å². The minimum atomic E-state index is -0.621. The Balaban J connectivity index is 2.01. The van der Waals surface area contributed by atoms with Gasteiger partial charge in [0.15, 0.2) is 0 Å². The first kappa shape index (κ1) is 34.8. The van der Waals surface area contributed by atoms with E-state index >= 15 is 0 Å². The third-order valence-electron chi connectivity index (χ3n) is 6.37. The average molecular weight is 597 g/mol. The van der Waals surface area contributed by atoms with Crippen molar-refractivity contribution in [1.29, 1.82) is 0 Å². The van der Waals surface area contributed by atoms with E-state index in [9.17, 15) is 14.4 Å². The molecule has 3 atom stereocenters. The number of aliphatic hydroxyl groups is 1. The molecule has 0 unspecified atom stereocenters. The minimum Gasteiger partial charge on any atom is -0.463 e. The van der Waals surface area contributed by atoms with Gasteiger partial charge in [-0.1, -0.05) is 72.8 Å². The molecule has 228 valence electrons. The highest BCUT2D eigenvalue weighted by Crippen LogP contribution is 2.18. The molecule has 0 aliphatic rings. The van der Waals surface area contributed by atoms with Crippen LogP contribution in [0.25, 0.3) is 0 Å². The van der Waals surface area contributed by atoms with Crippen LogP contribution in [-0.4, -0.2) is 67.7 Å². The van der Waals surface area contributed by atoms with Crippen molar-refractivity contribution in [3.63, 3.8) is 0 Å². The topological polar surface area (TPSA) is 114 Å². The van der Waals surface area contributed by atoms with Gasteiger partial charge < -0.3 is 25.2 Å². The third-order valence-corrected chi connectivity index (χ3v) is 7.55. The Morgan fingerprint density at radius 3 is 2.19 bits per heavy atom. The molecule has 9 heteroatoms. The van der Waals surface area contributed by atoms with Crippen LogP contribution in [0.5, 0.6) is 0 Å². The monoisotopic (exact) mass is 596 g/mol. The number of hydrogen-bond acceptors (Lipinski definition) is 7. The van der Waals surface area contributed by atoms with Gasteiger partial charge in [0, 0.05) is 24.5 Å². The molecule has 0 spiro atoms. The van der Waals surface area contributed by atoms with E-state index in [4.69, 9.17) is 14.6 Å². The number of aliphatic hydroxyl groups excluding tert-OH is 1. The van der Waals surface area contributed by atoms with Gasteiger partial charge in [-0.2, -0.15) is 11.8 Å². The Kier molecular flexibility index (Phi) is 17.7. The Morgan fingerprint density at radius 1 is 0.905 bits per heavy atom. The van der Waals surface area contributed by atoms with Crippen molar-refractivity contribution < 1.29 is 29.0 Å². The molecule has 0 aliphatic carbocycles. The Hall–Kier alpha value is -3.40. The normalized spacial score (nSPS) is 12.9. The highest BCUT2D eigenvalue weighted by molar-refractivity contribution is 7.98.